The molecule has 2 heteroatoms. The van der Waals surface area contributed by atoms with Crippen molar-refractivity contribution >= 4 is 0 Å². The molecule has 0 saturated heterocycles. The Hall–Kier alpha value is -0.920. The topological polar surface area (TPSA) is 12.5 Å². The molecule has 2 nitrogen and oxygen atoms in total. The van der Waals surface area contributed by atoms with Gasteiger partial charge < -0.3 is 9.64 Å². The fraction of sp³-hybridized carbons (Fsp3) is 0.600. The number of hydrogen-bond donors (Lipinski definition) is 0. The van der Waals surface area contributed by atoms with Crippen LogP contribution in [0.25, 0.3) is 0 Å². The molecule has 0 amide bonds. The molecule has 0 aliphatic heterocycles. The second-order valence-corrected chi connectivity index (χ2v) is 3.02. The van der Waals surface area contributed by atoms with Gasteiger partial charge in [0.25, 0.3) is 0 Å². The SMILES string of the molecule is C=C(C)/C(CC)=C(/OC)N(C)C. The van der Waals surface area contributed by atoms with E-state index >= 15 is 0 Å². The third-order valence-corrected chi connectivity index (χ3v) is 1.73. The van der Waals surface area contributed by atoms with Crippen molar-refractivity contribution in [3.05, 3.63) is 23.6 Å². The largest absolute Gasteiger partial charge is 0.482 e. The molecule has 0 radical (unpaired) electrons. The number of nitrogens with zero attached hydrogens (tertiary/aromatic N) is 1. The summed E-state index contributed by atoms with van der Waals surface area (Å²) in [6.07, 6.45) is 0.955. The second-order valence-electron chi connectivity index (χ2n) is 3.02. The van der Waals surface area contributed by atoms with E-state index in [-0.39, 0.29) is 0 Å². The summed E-state index contributed by atoms with van der Waals surface area (Å²) in [5.74, 6) is 0.907. The number of hydrogen-bond acceptors (Lipinski definition) is 2. The molecule has 70 valence electrons. The van der Waals surface area contributed by atoms with Crippen molar-refractivity contribution in [2.45, 2.75) is 20.3 Å². The summed E-state index contributed by atoms with van der Waals surface area (Å²) in [5, 5.41) is 0. The van der Waals surface area contributed by atoms with Crippen LogP contribution in [0.2, 0.25) is 0 Å². The van der Waals surface area contributed by atoms with Gasteiger partial charge in [0.2, 0.25) is 0 Å². The number of allylic oxidation sites excluding steroid dienone is 2. The van der Waals surface area contributed by atoms with Crippen LogP contribution >= 0.6 is 0 Å². The molecular formula is C10H19NO. The lowest BCUT2D eigenvalue weighted by atomic mass is 10.1. The lowest BCUT2D eigenvalue weighted by molar-refractivity contribution is 0.189. The van der Waals surface area contributed by atoms with Gasteiger partial charge in [-0.3, -0.25) is 0 Å². The predicted octanol–water partition coefficient (Wildman–Crippen LogP) is 2.39. The summed E-state index contributed by atoms with van der Waals surface area (Å²) in [5.41, 5.74) is 2.26. The zero-order valence-electron chi connectivity index (χ0n) is 8.77. The minimum atomic E-state index is 0.907. The molecular weight excluding hydrogens is 150 g/mol. The number of rotatable bonds is 4. The summed E-state index contributed by atoms with van der Waals surface area (Å²) < 4.78 is 5.27. The Morgan fingerprint density at radius 2 is 1.92 bits per heavy atom. The monoisotopic (exact) mass is 169 g/mol. The first kappa shape index (κ1) is 11.1. The highest BCUT2D eigenvalue weighted by atomic mass is 16.5. The average molecular weight is 169 g/mol. The molecule has 0 N–H and O–H groups in total. The van der Waals surface area contributed by atoms with E-state index in [1.807, 2.05) is 25.9 Å². The van der Waals surface area contributed by atoms with Gasteiger partial charge in [-0.15, -0.1) is 0 Å². The van der Waals surface area contributed by atoms with Gasteiger partial charge in [-0.1, -0.05) is 13.5 Å². The predicted molar refractivity (Wildman–Crippen MR) is 52.8 cm³/mol. The van der Waals surface area contributed by atoms with Crippen LogP contribution in [0.4, 0.5) is 0 Å². The maximum absolute atomic E-state index is 5.27. The highest BCUT2D eigenvalue weighted by Crippen LogP contribution is 2.18. The van der Waals surface area contributed by atoms with Crippen molar-refractivity contribution in [1.29, 1.82) is 0 Å². The third-order valence-electron chi connectivity index (χ3n) is 1.73. The van der Waals surface area contributed by atoms with Gasteiger partial charge in [-0.25, -0.2) is 0 Å². The fourth-order valence-corrected chi connectivity index (χ4v) is 1.21. The van der Waals surface area contributed by atoms with Crippen LogP contribution in [0.15, 0.2) is 23.6 Å². The standard InChI is InChI=1S/C10H19NO/c1-7-9(8(2)3)10(12-6)11(4)5/h2,7H2,1,3-6H3/b10-9+. The Morgan fingerprint density at radius 3 is 2.00 bits per heavy atom. The first-order valence-corrected chi connectivity index (χ1v) is 4.14. The first-order chi connectivity index (χ1) is 5.54. The van der Waals surface area contributed by atoms with E-state index < -0.39 is 0 Å². The Morgan fingerprint density at radius 1 is 1.42 bits per heavy atom. The number of methoxy groups -OCH3 is 1. The van der Waals surface area contributed by atoms with Crippen molar-refractivity contribution in [2.24, 2.45) is 0 Å². The minimum Gasteiger partial charge on any atom is -0.482 e. The van der Waals surface area contributed by atoms with Gasteiger partial charge in [-0.2, -0.15) is 0 Å². The van der Waals surface area contributed by atoms with Crippen molar-refractivity contribution in [2.75, 3.05) is 21.2 Å². The molecule has 0 atom stereocenters. The van der Waals surface area contributed by atoms with Crippen LogP contribution in [0, 0.1) is 0 Å². The fourth-order valence-electron chi connectivity index (χ4n) is 1.21. The maximum Gasteiger partial charge on any atom is 0.191 e. The van der Waals surface area contributed by atoms with Gasteiger partial charge in [0.1, 0.15) is 0 Å². The van der Waals surface area contributed by atoms with Gasteiger partial charge in [0.15, 0.2) is 5.88 Å². The summed E-state index contributed by atoms with van der Waals surface area (Å²) in [6, 6.07) is 0. The molecule has 0 heterocycles. The molecule has 0 aromatic heterocycles. The summed E-state index contributed by atoms with van der Waals surface area (Å²) >= 11 is 0. The highest BCUT2D eigenvalue weighted by molar-refractivity contribution is 5.28. The Labute approximate surface area is 75.5 Å². The van der Waals surface area contributed by atoms with Crippen LogP contribution in [0.3, 0.4) is 0 Å². The second kappa shape index (κ2) is 4.86. The zero-order valence-corrected chi connectivity index (χ0v) is 8.77. The lowest BCUT2D eigenvalue weighted by Gasteiger charge is -2.19. The zero-order chi connectivity index (χ0) is 9.72. The smallest absolute Gasteiger partial charge is 0.191 e. The van der Waals surface area contributed by atoms with Crippen LogP contribution in [0.1, 0.15) is 20.3 Å². The molecule has 0 aromatic carbocycles. The molecule has 0 bridgehead atoms. The van der Waals surface area contributed by atoms with Crippen LogP contribution in [-0.2, 0) is 4.74 Å². The third kappa shape index (κ3) is 2.61. The lowest BCUT2D eigenvalue weighted by Crippen LogP contribution is -2.15. The van der Waals surface area contributed by atoms with Crippen LogP contribution in [-0.4, -0.2) is 26.1 Å². The molecule has 0 aliphatic rings. The molecule has 0 fully saturated rings. The average Bonchev–Trinajstić information content (AvgIpc) is 1.98. The Bertz CT molecular complexity index is 192. The van der Waals surface area contributed by atoms with Gasteiger partial charge in [0, 0.05) is 19.7 Å². The van der Waals surface area contributed by atoms with E-state index in [9.17, 15) is 0 Å². The molecule has 0 rings (SSSR count). The van der Waals surface area contributed by atoms with E-state index in [2.05, 4.69) is 13.5 Å². The summed E-state index contributed by atoms with van der Waals surface area (Å²) in [7, 11) is 5.63. The minimum absolute atomic E-state index is 0.907. The van der Waals surface area contributed by atoms with E-state index in [0.29, 0.717) is 0 Å². The maximum atomic E-state index is 5.27. The quantitative estimate of drug-likeness (QED) is 0.473. The summed E-state index contributed by atoms with van der Waals surface area (Å²) in [6.45, 7) is 8.02. The van der Waals surface area contributed by atoms with E-state index in [1.54, 1.807) is 7.11 Å². The molecule has 0 aliphatic carbocycles. The Kier molecular flexibility index (Phi) is 4.49. The van der Waals surface area contributed by atoms with Crippen molar-refractivity contribution in [3.8, 4) is 0 Å². The van der Waals surface area contributed by atoms with Crippen LogP contribution in [0.5, 0.6) is 0 Å². The normalized spacial score (nSPS) is 12.1. The molecule has 12 heavy (non-hydrogen) atoms. The highest BCUT2D eigenvalue weighted by Gasteiger charge is 2.07. The van der Waals surface area contributed by atoms with E-state index in [1.165, 1.54) is 5.57 Å². The molecule has 0 saturated carbocycles. The van der Waals surface area contributed by atoms with Gasteiger partial charge >= 0.3 is 0 Å². The first-order valence-electron chi connectivity index (χ1n) is 4.14. The molecule has 0 unspecified atom stereocenters. The van der Waals surface area contributed by atoms with Crippen molar-refractivity contribution in [3.63, 3.8) is 0 Å². The van der Waals surface area contributed by atoms with Crippen molar-refractivity contribution < 1.29 is 4.74 Å². The van der Waals surface area contributed by atoms with E-state index in [4.69, 9.17) is 4.74 Å². The van der Waals surface area contributed by atoms with Crippen molar-refractivity contribution in [1.82, 2.24) is 4.90 Å². The molecule has 0 spiro atoms. The van der Waals surface area contributed by atoms with Crippen LogP contribution < -0.4 is 0 Å². The molecule has 0 aromatic rings. The Balaban J connectivity index is 4.87. The summed E-state index contributed by atoms with van der Waals surface area (Å²) in [4.78, 5) is 1.97. The van der Waals surface area contributed by atoms with Gasteiger partial charge in [-0.05, 0) is 18.9 Å². The van der Waals surface area contributed by atoms with E-state index in [0.717, 1.165) is 17.9 Å². The van der Waals surface area contributed by atoms with Gasteiger partial charge in [0.05, 0.1) is 7.11 Å². The number of ether oxygens (including phenoxy) is 1.